The number of benzene rings is 8. The van der Waals surface area contributed by atoms with Crippen LogP contribution in [0.25, 0.3) is 0 Å². The second kappa shape index (κ2) is 31.3. The van der Waals surface area contributed by atoms with Crippen LogP contribution in [0.5, 0.6) is 0 Å². The van der Waals surface area contributed by atoms with Gasteiger partial charge in [0.2, 0.25) is 0 Å². The maximum Gasteiger partial charge on any atom is 2.00 e. The van der Waals surface area contributed by atoms with Crippen molar-refractivity contribution in [2.45, 2.75) is 39.8 Å². The summed E-state index contributed by atoms with van der Waals surface area (Å²) < 4.78 is 0. The van der Waals surface area contributed by atoms with Crippen molar-refractivity contribution >= 4 is 71.7 Å². The number of rotatable bonds is 11. The molecule has 8 aromatic carbocycles. The van der Waals surface area contributed by atoms with E-state index in [4.69, 9.17) is 9.98 Å². The Kier molecular flexibility index (Phi) is 26.1. The first-order valence-electron chi connectivity index (χ1n) is 24.9. The number of amides is 2. The Morgan fingerprint density at radius 2 is 0.618 bits per heavy atom. The van der Waals surface area contributed by atoms with Crippen molar-refractivity contribution in [3.05, 3.63) is 253 Å². The Balaban J connectivity index is 0.000000242. The SMILES string of the molecule is CC(C)C1N=C(c2ccccc2)c2ccccc2N(C)C1=O.CC(C)C1N=C(c2ccccc2)c2ccccc2N(C)C1=O.[Cl-].[Cl-].[Pd+2].[Pd+2].c1ccc(P(CCP(c2ccccc2)c2ccccc2)c2ccccc2)cc1. The normalized spacial score (nSPS) is 14.5. The number of benzodiazepines with no additional fused rings is 2. The second-order valence-electron chi connectivity index (χ2n) is 18.5. The van der Waals surface area contributed by atoms with Crippen molar-refractivity contribution < 1.29 is 75.2 Å². The van der Waals surface area contributed by atoms with Crippen LogP contribution in [0, 0.1) is 11.8 Å². The van der Waals surface area contributed by atoms with E-state index in [0.717, 1.165) is 45.1 Å². The molecule has 0 saturated heterocycles. The maximum absolute atomic E-state index is 12.7. The van der Waals surface area contributed by atoms with Crippen molar-refractivity contribution in [3.8, 4) is 0 Å². The van der Waals surface area contributed by atoms with E-state index in [9.17, 15) is 9.59 Å². The van der Waals surface area contributed by atoms with Crippen molar-refractivity contribution in [3.63, 3.8) is 0 Å². The van der Waals surface area contributed by atoms with Gasteiger partial charge in [-0.2, -0.15) is 0 Å². The minimum Gasteiger partial charge on any atom is -1.00 e. The van der Waals surface area contributed by atoms with Gasteiger partial charge >= 0.3 is 40.8 Å². The van der Waals surface area contributed by atoms with Gasteiger partial charge in [0.25, 0.3) is 11.8 Å². The van der Waals surface area contributed by atoms with Gasteiger partial charge in [0, 0.05) is 36.3 Å². The Morgan fingerprint density at radius 3 is 0.882 bits per heavy atom. The monoisotopic (exact) mass is 1260 g/mol. The van der Waals surface area contributed by atoms with Crippen LogP contribution in [0.2, 0.25) is 0 Å². The van der Waals surface area contributed by atoms with Gasteiger partial charge in [-0.05, 0) is 73.4 Å². The summed E-state index contributed by atoms with van der Waals surface area (Å²) in [5.41, 5.74) is 7.73. The number of likely N-dealkylation sites (N-methyl/N-ethyl adjacent to an activating group) is 2. The fourth-order valence-electron chi connectivity index (χ4n) is 9.06. The third-order valence-corrected chi connectivity index (χ3v) is 18.3. The topological polar surface area (TPSA) is 65.3 Å². The van der Waals surface area contributed by atoms with Gasteiger partial charge in [-0.1, -0.05) is 246 Å². The number of carbonyl (C=O) groups is 2. The van der Waals surface area contributed by atoms with Gasteiger partial charge in [0.05, 0.1) is 22.8 Å². The molecule has 8 aromatic rings. The molecule has 394 valence electrons. The molecule has 0 spiro atoms. The number of hydrogen-bond donors (Lipinski definition) is 0. The molecular weight excluding hydrogens is 1200 g/mol. The molecule has 2 heterocycles. The van der Waals surface area contributed by atoms with Crippen LogP contribution in [0.1, 0.15) is 49.9 Å². The largest absolute Gasteiger partial charge is 2.00 e. The number of para-hydroxylation sites is 2. The number of fused-ring (bicyclic) bond motifs is 2. The molecular formula is C64H64Cl2N4O2P2Pd2+2. The minimum absolute atomic E-state index is 0. The molecule has 2 atom stereocenters. The Hall–Kier alpha value is -5.20. The van der Waals surface area contributed by atoms with Crippen LogP contribution < -0.4 is 55.8 Å². The summed E-state index contributed by atoms with van der Waals surface area (Å²) in [4.78, 5) is 38.6. The summed E-state index contributed by atoms with van der Waals surface area (Å²) >= 11 is 0. The molecule has 76 heavy (non-hydrogen) atoms. The first kappa shape index (κ1) is 63.3. The molecule has 6 nitrogen and oxygen atoms in total. The first-order chi connectivity index (χ1) is 35.1. The van der Waals surface area contributed by atoms with E-state index in [0.29, 0.717) is 0 Å². The Bertz CT molecular complexity index is 2800. The summed E-state index contributed by atoms with van der Waals surface area (Å²) in [5.74, 6) is 0.410. The van der Waals surface area contributed by atoms with Crippen LogP contribution in [-0.2, 0) is 50.4 Å². The number of hydrogen-bond acceptors (Lipinski definition) is 4. The van der Waals surface area contributed by atoms with E-state index in [2.05, 4.69) is 121 Å². The van der Waals surface area contributed by atoms with Gasteiger partial charge in [-0.3, -0.25) is 19.6 Å². The van der Waals surface area contributed by atoms with Crippen molar-refractivity contribution in [2.75, 3.05) is 36.2 Å². The van der Waals surface area contributed by atoms with E-state index in [1.807, 2.05) is 151 Å². The average molecular weight is 1270 g/mol. The molecule has 10 rings (SSSR count). The Morgan fingerprint density at radius 1 is 0.382 bits per heavy atom. The number of carbonyl (C=O) groups excluding carboxylic acids is 2. The van der Waals surface area contributed by atoms with E-state index in [1.54, 1.807) is 9.80 Å². The van der Waals surface area contributed by atoms with Crippen LogP contribution >= 0.6 is 15.8 Å². The molecule has 0 aliphatic carbocycles. The van der Waals surface area contributed by atoms with Gasteiger partial charge in [0.15, 0.2) is 0 Å². The predicted octanol–water partition coefficient (Wildman–Crippen LogP) is 6.31. The maximum atomic E-state index is 12.7. The summed E-state index contributed by atoms with van der Waals surface area (Å²) in [7, 11) is 2.97. The molecule has 0 N–H and O–H groups in total. The molecule has 12 heteroatoms. The molecule has 0 saturated carbocycles. The zero-order chi connectivity index (χ0) is 50.4. The standard InChI is InChI=1S/C26H24P2.2C19H20N2O.2ClH.2Pd/c1-5-13-23(14-6-1)27(24-15-7-2-8-16-24)21-22-28(25-17-9-3-10-18-25)26-19-11-4-12-20-26;2*1-13(2)17-19(22)21(3)16-12-8-7-11-15(16)18(20-17)14-9-5-4-6-10-14;;;;/h1-20H,21-22H2;2*4-13,17H,1-3H3;2*1H;;/q;;;;;2*+2/p-2. The fraction of sp³-hybridized carbons (Fsp3) is 0.188. The molecule has 2 unspecified atom stereocenters. The van der Waals surface area contributed by atoms with Crippen LogP contribution in [0.4, 0.5) is 11.4 Å². The fourth-order valence-corrected chi connectivity index (χ4v) is 14.4. The average Bonchev–Trinajstić information content (AvgIpc) is 3.62. The third-order valence-electron chi connectivity index (χ3n) is 12.9. The van der Waals surface area contributed by atoms with Gasteiger partial charge in [-0.15, -0.1) is 0 Å². The number of aliphatic imine (C=N–C) groups is 2. The number of nitrogens with zero attached hydrogens (tertiary/aromatic N) is 4. The summed E-state index contributed by atoms with van der Waals surface area (Å²) in [5, 5.41) is 5.89. The summed E-state index contributed by atoms with van der Waals surface area (Å²) in [6.45, 7) is 8.16. The van der Waals surface area contributed by atoms with Crippen molar-refractivity contribution in [2.24, 2.45) is 21.8 Å². The quantitative estimate of drug-likeness (QED) is 0.113. The zero-order valence-corrected chi connectivity index (χ0v) is 50.0. The first-order valence-corrected chi connectivity index (χ1v) is 27.9. The van der Waals surface area contributed by atoms with E-state index in [-0.39, 0.29) is 117 Å². The second-order valence-corrected chi connectivity index (χ2v) is 23.2. The summed E-state index contributed by atoms with van der Waals surface area (Å²) in [6, 6.07) is 79.6. The molecule has 2 amide bonds. The molecule has 0 aromatic heterocycles. The summed E-state index contributed by atoms with van der Waals surface area (Å²) in [6.07, 6.45) is 2.41. The van der Waals surface area contributed by atoms with Crippen LogP contribution in [-0.4, -0.2) is 61.7 Å². The van der Waals surface area contributed by atoms with Gasteiger partial charge in [-0.25, -0.2) is 0 Å². The van der Waals surface area contributed by atoms with Gasteiger partial charge < -0.3 is 34.6 Å². The zero-order valence-electron chi connectivity index (χ0n) is 43.6. The molecule has 0 bridgehead atoms. The van der Waals surface area contributed by atoms with Gasteiger partial charge in [0.1, 0.15) is 12.1 Å². The van der Waals surface area contributed by atoms with Crippen LogP contribution in [0.3, 0.4) is 0 Å². The Labute approximate surface area is 493 Å². The number of anilines is 2. The number of halogens is 2. The van der Waals surface area contributed by atoms with E-state index >= 15 is 0 Å². The molecule has 2 aliphatic rings. The molecule has 0 radical (unpaired) electrons. The van der Waals surface area contributed by atoms with E-state index < -0.39 is 0 Å². The van der Waals surface area contributed by atoms with Crippen molar-refractivity contribution in [1.29, 1.82) is 0 Å². The van der Waals surface area contributed by atoms with E-state index in [1.165, 1.54) is 33.5 Å². The van der Waals surface area contributed by atoms with Crippen molar-refractivity contribution in [1.82, 2.24) is 0 Å². The van der Waals surface area contributed by atoms with Crippen LogP contribution in [0.15, 0.2) is 241 Å². The third kappa shape index (κ3) is 15.7. The molecule has 0 fully saturated rings. The predicted molar refractivity (Wildman–Crippen MR) is 309 cm³/mol. The molecule has 2 aliphatic heterocycles. The minimum atomic E-state index is -0.354. The smallest absolute Gasteiger partial charge is 1.00 e.